The predicted molar refractivity (Wildman–Crippen MR) is 23.0 cm³/mol. The van der Waals surface area contributed by atoms with Crippen molar-refractivity contribution < 1.29 is 0 Å². The molecule has 1 unspecified atom stereocenters. The van der Waals surface area contributed by atoms with Crippen molar-refractivity contribution in [3.8, 4) is 0 Å². The first kappa shape index (κ1) is 2.33. The fraction of sp³-hybridized carbons (Fsp3) is 0.333. The number of hydrogen-bond acceptors (Lipinski definition) is 1. The summed E-state index contributed by atoms with van der Waals surface area (Å²) in [7, 11) is 0.291. The summed E-state index contributed by atoms with van der Waals surface area (Å²) in [6, 6.07) is 0. The monoisotopic (exact) mass is 85.0 g/mol. The predicted octanol–water partition coefficient (Wildman–Crippen LogP) is 0.841. The summed E-state index contributed by atoms with van der Waals surface area (Å²) < 4.78 is 0. The first-order valence-corrected chi connectivity index (χ1v) is 3.11. The second-order valence-electron chi connectivity index (χ2n) is 1.33. The summed E-state index contributed by atoms with van der Waals surface area (Å²) in [6.45, 7) is 1.20. The van der Waals surface area contributed by atoms with Gasteiger partial charge in [0.05, 0.1) is 0 Å². The van der Waals surface area contributed by atoms with Gasteiger partial charge in [-0.05, 0) is 11.1 Å². The molecule has 0 aromatic heterocycles. The molecule has 2 aliphatic rings. The van der Waals surface area contributed by atoms with Gasteiger partial charge in [0.25, 0.3) is 0 Å². The Labute approximate surface area is 31.9 Å². The quantitative estimate of drug-likeness (QED) is 0.430. The Hall–Kier alpha value is 0.130. The van der Waals surface area contributed by atoms with Crippen molar-refractivity contribution in [1.29, 1.82) is 0 Å². The molecule has 0 aromatic carbocycles. The van der Waals surface area contributed by atoms with Gasteiger partial charge in [-0.1, -0.05) is 0 Å². The zero-order valence-electron chi connectivity index (χ0n) is 2.73. The Bertz CT molecular complexity index is 97.1. The van der Waals surface area contributed by atoms with Crippen LogP contribution < -0.4 is 5.09 Å². The molecule has 1 atom stereocenters. The van der Waals surface area contributed by atoms with Gasteiger partial charge in [-0.2, -0.15) is 0 Å². The van der Waals surface area contributed by atoms with Crippen molar-refractivity contribution in [3.05, 3.63) is 11.1 Å². The third kappa shape index (κ3) is 0.151. The molecule has 0 radical (unpaired) electrons. The molecule has 0 bridgehead atoms. The number of fused-ring (bicyclic) bond motifs is 1. The molecule has 26 valence electrons. The van der Waals surface area contributed by atoms with Crippen LogP contribution in [0.15, 0.2) is 11.1 Å². The smallest absolute Gasteiger partial charge is 0.0267 e. The lowest BCUT2D eigenvalue weighted by atomic mass is 10.7. The minimum Gasteiger partial charge on any atom is -0.285 e. The van der Waals surface area contributed by atoms with E-state index in [2.05, 4.69) is 10.9 Å². The van der Waals surface area contributed by atoms with E-state index in [0.717, 1.165) is 0 Å². The van der Waals surface area contributed by atoms with Crippen LogP contribution in [0.25, 0.3) is 0 Å². The summed E-state index contributed by atoms with van der Waals surface area (Å²) in [4.78, 5) is 0. The third-order valence-electron chi connectivity index (χ3n) is 0.950. The van der Waals surface area contributed by atoms with Gasteiger partial charge < -0.3 is 0 Å². The molecule has 0 aliphatic carbocycles. The van der Waals surface area contributed by atoms with Gasteiger partial charge in [0.1, 0.15) is 0 Å². The minimum absolute atomic E-state index is 0.291. The van der Waals surface area contributed by atoms with E-state index in [0.29, 0.717) is 8.07 Å². The number of nitrogens with one attached hydrogen (secondary N) is 1. The highest BCUT2D eigenvalue weighted by atomic mass is 31.1. The summed E-state index contributed by atoms with van der Waals surface area (Å²) in [6.07, 6.45) is 0. The second-order valence-corrected chi connectivity index (χ2v) is 3.21. The molecule has 1 saturated heterocycles. The van der Waals surface area contributed by atoms with Gasteiger partial charge in [-0.25, -0.2) is 0 Å². The molecule has 1 fully saturated rings. The standard InChI is InChI=1S/C3H4NP/c1-3-2-5(3)4-1/h2,4H,1H2. The fourth-order valence-corrected chi connectivity index (χ4v) is 1.59. The fourth-order valence-electron chi connectivity index (χ4n) is 0.473. The molecule has 0 amide bonds. The zero-order chi connectivity index (χ0) is 3.28. The van der Waals surface area contributed by atoms with E-state index in [4.69, 9.17) is 0 Å². The van der Waals surface area contributed by atoms with Crippen LogP contribution in [0.4, 0.5) is 0 Å². The Kier molecular flexibility index (Phi) is 0.226. The topological polar surface area (TPSA) is 12.0 Å². The molecule has 0 saturated carbocycles. The van der Waals surface area contributed by atoms with Crippen LogP contribution in [0.3, 0.4) is 0 Å². The van der Waals surface area contributed by atoms with E-state index in [1.54, 1.807) is 5.31 Å². The van der Waals surface area contributed by atoms with Crippen LogP contribution >= 0.6 is 8.07 Å². The van der Waals surface area contributed by atoms with Gasteiger partial charge in [-0.3, -0.25) is 5.09 Å². The van der Waals surface area contributed by atoms with E-state index in [1.165, 1.54) is 6.54 Å². The zero-order valence-corrected chi connectivity index (χ0v) is 3.63. The molecule has 2 heterocycles. The number of hydrogen-bond donors (Lipinski definition) is 1. The maximum Gasteiger partial charge on any atom is 0.0267 e. The van der Waals surface area contributed by atoms with Crippen LogP contribution in [-0.4, -0.2) is 6.54 Å². The highest BCUT2D eigenvalue weighted by Gasteiger charge is 2.32. The first-order chi connectivity index (χ1) is 2.47. The van der Waals surface area contributed by atoms with E-state index in [-0.39, 0.29) is 0 Å². The summed E-state index contributed by atoms with van der Waals surface area (Å²) in [5.74, 6) is 2.31. The van der Waals surface area contributed by atoms with E-state index in [1.807, 2.05) is 0 Å². The molecule has 1 nitrogen and oxygen atoms in total. The normalized spacial score (nSPS) is 41.6. The maximum absolute atomic E-state index is 3.25. The molecular formula is C3H4NP. The van der Waals surface area contributed by atoms with Crippen LogP contribution in [0.2, 0.25) is 0 Å². The molecule has 5 heavy (non-hydrogen) atoms. The summed E-state index contributed by atoms with van der Waals surface area (Å²) in [5, 5.41) is 4.94. The van der Waals surface area contributed by atoms with Crippen molar-refractivity contribution in [2.24, 2.45) is 0 Å². The van der Waals surface area contributed by atoms with Crippen LogP contribution in [-0.2, 0) is 0 Å². The van der Waals surface area contributed by atoms with Crippen molar-refractivity contribution in [3.63, 3.8) is 0 Å². The molecule has 2 rings (SSSR count). The lowest BCUT2D eigenvalue weighted by Crippen LogP contribution is -2.11. The second kappa shape index (κ2) is 0.485. The molecule has 2 aliphatic heterocycles. The van der Waals surface area contributed by atoms with E-state index < -0.39 is 0 Å². The van der Waals surface area contributed by atoms with E-state index >= 15 is 0 Å². The minimum atomic E-state index is 0.291. The van der Waals surface area contributed by atoms with Gasteiger partial charge in [0.2, 0.25) is 0 Å². The lowest BCUT2D eigenvalue weighted by molar-refractivity contribution is 1.06. The highest BCUT2D eigenvalue weighted by Crippen LogP contribution is 2.64. The SMILES string of the molecule is C1=C2CNP12. The molecule has 0 aromatic rings. The van der Waals surface area contributed by atoms with Crippen LogP contribution in [0, 0.1) is 0 Å². The van der Waals surface area contributed by atoms with Crippen molar-refractivity contribution in [2.45, 2.75) is 0 Å². The molecule has 1 N–H and O–H groups in total. The summed E-state index contributed by atoms with van der Waals surface area (Å²) >= 11 is 0. The molecular weight excluding hydrogens is 81.0 g/mol. The molecule has 2 heteroatoms. The van der Waals surface area contributed by atoms with Crippen molar-refractivity contribution >= 4 is 8.07 Å². The van der Waals surface area contributed by atoms with Gasteiger partial charge in [-0.15, -0.1) is 0 Å². The van der Waals surface area contributed by atoms with Gasteiger partial charge in [0, 0.05) is 14.6 Å². The van der Waals surface area contributed by atoms with Crippen LogP contribution in [0.1, 0.15) is 0 Å². The summed E-state index contributed by atoms with van der Waals surface area (Å²) in [5.41, 5.74) is 0. The Balaban J connectivity index is 2.36. The van der Waals surface area contributed by atoms with Crippen molar-refractivity contribution in [1.82, 2.24) is 5.09 Å². The third-order valence-corrected chi connectivity index (χ3v) is 2.65. The van der Waals surface area contributed by atoms with E-state index in [9.17, 15) is 0 Å². The van der Waals surface area contributed by atoms with Gasteiger partial charge in [0.15, 0.2) is 0 Å². The van der Waals surface area contributed by atoms with Gasteiger partial charge >= 0.3 is 0 Å². The Morgan fingerprint density at radius 3 is 2.80 bits per heavy atom. The Morgan fingerprint density at radius 1 is 2.00 bits per heavy atom. The average Bonchev–Trinajstić information content (AvgIpc) is 1.74. The number of rotatable bonds is 0. The van der Waals surface area contributed by atoms with Crippen LogP contribution in [0.5, 0.6) is 0 Å². The largest absolute Gasteiger partial charge is 0.285 e. The Morgan fingerprint density at radius 2 is 2.80 bits per heavy atom. The highest BCUT2D eigenvalue weighted by molar-refractivity contribution is 7.72. The first-order valence-electron chi connectivity index (χ1n) is 1.70. The molecule has 0 spiro atoms. The lowest BCUT2D eigenvalue weighted by Gasteiger charge is -2.09. The maximum atomic E-state index is 3.25. The van der Waals surface area contributed by atoms with Crippen molar-refractivity contribution in [2.75, 3.05) is 6.54 Å². The average molecular weight is 85.0 g/mol.